The third kappa shape index (κ3) is 3.77. The van der Waals surface area contributed by atoms with Gasteiger partial charge < -0.3 is 10.6 Å². The number of aromatic amines is 1. The third-order valence-corrected chi connectivity index (χ3v) is 2.45. The third-order valence-electron chi connectivity index (χ3n) is 2.45. The van der Waals surface area contributed by atoms with Gasteiger partial charge in [-0.15, -0.1) is 0 Å². The molecule has 0 spiro atoms. The van der Waals surface area contributed by atoms with Crippen LogP contribution in [-0.4, -0.2) is 32.6 Å². The first-order chi connectivity index (χ1) is 9.29. The summed E-state index contributed by atoms with van der Waals surface area (Å²) in [5.41, 5.74) is 1.27. The monoisotopic (exact) mass is 260 g/mol. The van der Waals surface area contributed by atoms with Crippen molar-refractivity contribution in [2.45, 2.75) is 19.9 Å². The quantitative estimate of drug-likeness (QED) is 0.718. The van der Waals surface area contributed by atoms with Crippen molar-refractivity contribution in [1.82, 2.24) is 25.5 Å². The molecule has 0 radical (unpaired) electrons. The maximum Gasteiger partial charge on any atom is 0.270 e. The van der Waals surface area contributed by atoms with Crippen molar-refractivity contribution in [1.29, 1.82) is 0 Å². The number of amides is 1. The van der Waals surface area contributed by atoms with E-state index in [2.05, 4.69) is 37.7 Å². The number of aromatic nitrogens is 4. The summed E-state index contributed by atoms with van der Waals surface area (Å²) in [7, 11) is 0. The van der Waals surface area contributed by atoms with Gasteiger partial charge in [0.1, 0.15) is 17.8 Å². The lowest BCUT2D eigenvalue weighted by Gasteiger charge is -2.06. The van der Waals surface area contributed by atoms with Crippen LogP contribution in [0.2, 0.25) is 0 Å². The Morgan fingerprint density at radius 3 is 3.05 bits per heavy atom. The highest BCUT2D eigenvalue weighted by Crippen LogP contribution is 2.07. The Labute approximate surface area is 110 Å². The summed E-state index contributed by atoms with van der Waals surface area (Å²) in [6, 6.07) is 3.56. The van der Waals surface area contributed by atoms with Crippen molar-refractivity contribution in [3.8, 4) is 0 Å². The smallest absolute Gasteiger partial charge is 0.270 e. The fourth-order valence-electron chi connectivity index (χ4n) is 1.50. The van der Waals surface area contributed by atoms with E-state index >= 15 is 0 Å². The SMILES string of the molecule is CCCNc1ccnc(C(=O)NCc2ncn[nH]2)c1. The number of anilines is 1. The van der Waals surface area contributed by atoms with Crippen LogP contribution in [0.1, 0.15) is 29.7 Å². The summed E-state index contributed by atoms with van der Waals surface area (Å²) in [4.78, 5) is 19.9. The van der Waals surface area contributed by atoms with Gasteiger partial charge in [-0.1, -0.05) is 6.92 Å². The van der Waals surface area contributed by atoms with E-state index in [4.69, 9.17) is 0 Å². The first-order valence-electron chi connectivity index (χ1n) is 6.12. The summed E-state index contributed by atoms with van der Waals surface area (Å²) in [6.45, 7) is 3.25. The summed E-state index contributed by atoms with van der Waals surface area (Å²) < 4.78 is 0. The first kappa shape index (κ1) is 13.0. The predicted octanol–water partition coefficient (Wildman–Crippen LogP) is 0.952. The van der Waals surface area contributed by atoms with E-state index < -0.39 is 0 Å². The van der Waals surface area contributed by atoms with Gasteiger partial charge in [0.05, 0.1) is 6.54 Å². The minimum Gasteiger partial charge on any atom is -0.385 e. The largest absolute Gasteiger partial charge is 0.385 e. The fraction of sp³-hybridized carbons (Fsp3) is 0.333. The van der Waals surface area contributed by atoms with Gasteiger partial charge >= 0.3 is 0 Å². The van der Waals surface area contributed by atoms with E-state index in [1.54, 1.807) is 12.3 Å². The molecule has 100 valence electrons. The van der Waals surface area contributed by atoms with E-state index in [-0.39, 0.29) is 5.91 Å². The second-order valence-corrected chi connectivity index (χ2v) is 3.97. The molecule has 0 saturated heterocycles. The van der Waals surface area contributed by atoms with Crippen LogP contribution < -0.4 is 10.6 Å². The highest BCUT2D eigenvalue weighted by Gasteiger charge is 2.08. The molecule has 0 aromatic carbocycles. The minimum atomic E-state index is -0.239. The van der Waals surface area contributed by atoms with Gasteiger partial charge in [0.25, 0.3) is 5.91 Å². The number of hydrogen-bond acceptors (Lipinski definition) is 5. The van der Waals surface area contributed by atoms with Gasteiger partial charge in [-0.05, 0) is 18.6 Å². The van der Waals surface area contributed by atoms with E-state index in [9.17, 15) is 4.79 Å². The van der Waals surface area contributed by atoms with Crippen molar-refractivity contribution < 1.29 is 4.79 Å². The Bertz CT molecular complexity index is 525. The van der Waals surface area contributed by atoms with Crippen molar-refractivity contribution in [2.24, 2.45) is 0 Å². The highest BCUT2D eigenvalue weighted by molar-refractivity contribution is 5.92. The van der Waals surface area contributed by atoms with Crippen LogP contribution in [0.25, 0.3) is 0 Å². The van der Waals surface area contributed by atoms with Gasteiger partial charge in [0.15, 0.2) is 0 Å². The zero-order chi connectivity index (χ0) is 13.5. The van der Waals surface area contributed by atoms with Crippen LogP contribution in [0.3, 0.4) is 0 Å². The molecule has 1 amide bonds. The maximum atomic E-state index is 11.9. The Kier molecular flexibility index (Phi) is 4.44. The molecule has 7 nitrogen and oxygen atoms in total. The number of carbonyl (C=O) groups excluding carboxylic acids is 1. The Hall–Kier alpha value is -2.44. The molecule has 2 heterocycles. The van der Waals surface area contributed by atoms with Crippen molar-refractivity contribution in [3.05, 3.63) is 36.2 Å². The Morgan fingerprint density at radius 1 is 1.42 bits per heavy atom. The molecule has 0 fully saturated rings. The van der Waals surface area contributed by atoms with Gasteiger partial charge in [-0.25, -0.2) is 4.98 Å². The van der Waals surface area contributed by atoms with E-state index in [1.165, 1.54) is 6.33 Å². The summed E-state index contributed by atoms with van der Waals surface area (Å²) >= 11 is 0. The number of rotatable bonds is 6. The van der Waals surface area contributed by atoms with Gasteiger partial charge in [0, 0.05) is 18.4 Å². The fourth-order valence-corrected chi connectivity index (χ4v) is 1.50. The van der Waals surface area contributed by atoms with Crippen LogP contribution in [0.15, 0.2) is 24.7 Å². The normalized spacial score (nSPS) is 10.2. The van der Waals surface area contributed by atoms with Gasteiger partial charge in [0.2, 0.25) is 0 Å². The van der Waals surface area contributed by atoms with E-state index in [1.807, 2.05) is 6.07 Å². The highest BCUT2D eigenvalue weighted by atomic mass is 16.1. The Morgan fingerprint density at radius 2 is 2.32 bits per heavy atom. The molecule has 0 bridgehead atoms. The predicted molar refractivity (Wildman–Crippen MR) is 70.6 cm³/mol. The average molecular weight is 260 g/mol. The molecule has 0 aliphatic carbocycles. The zero-order valence-electron chi connectivity index (χ0n) is 10.7. The lowest BCUT2D eigenvalue weighted by Crippen LogP contribution is -2.24. The molecule has 3 N–H and O–H groups in total. The summed E-state index contributed by atoms with van der Waals surface area (Å²) in [6.07, 6.45) is 4.03. The minimum absolute atomic E-state index is 0.239. The average Bonchev–Trinajstić information content (AvgIpc) is 2.96. The molecular weight excluding hydrogens is 244 g/mol. The van der Waals surface area contributed by atoms with Crippen LogP contribution >= 0.6 is 0 Å². The molecular formula is C12H16N6O. The second-order valence-electron chi connectivity index (χ2n) is 3.97. The number of nitrogens with one attached hydrogen (secondary N) is 3. The molecule has 0 atom stereocenters. The molecule has 0 aliphatic rings. The standard InChI is InChI=1S/C12H16N6O/c1-2-4-13-9-3-5-14-10(6-9)12(19)15-7-11-16-8-17-18-11/h3,5-6,8H,2,4,7H2,1H3,(H,13,14)(H,15,19)(H,16,17,18). The summed E-state index contributed by atoms with van der Waals surface area (Å²) in [5, 5.41) is 12.3. The van der Waals surface area contributed by atoms with Gasteiger partial charge in [-0.3, -0.25) is 14.9 Å². The molecule has 2 aromatic heterocycles. The molecule has 0 unspecified atom stereocenters. The molecule has 0 aliphatic heterocycles. The maximum absolute atomic E-state index is 11.9. The lowest BCUT2D eigenvalue weighted by atomic mass is 10.3. The lowest BCUT2D eigenvalue weighted by molar-refractivity contribution is 0.0945. The van der Waals surface area contributed by atoms with Gasteiger partial charge in [-0.2, -0.15) is 5.10 Å². The number of carbonyl (C=O) groups is 1. The second kappa shape index (κ2) is 6.48. The molecule has 0 saturated carbocycles. The Balaban J connectivity index is 1.94. The van der Waals surface area contributed by atoms with Crippen molar-refractivity contribution in [3.63, 3.8) is 0 Å². The number of hydrogen-bond donors (Lipinski definition) is 3. The van der Waals surface area contributed by atoms with Crippen molar-refractivity contribution >= 4 is 11.6 Å². The molecule has 2 rings (SSSR count). The number of nitrogens with zero attached hydrogens (tertiary/aromatic N) is 3. The van der Waals surface area contributed by atoms with Crippen molar-refractivity contribution in [2.75, 3.05) is 11.9 Å². The molecule has 19 heavy (non-hydrogen) atoms. The van der Waals surface area contributed by atoms with Crippen LogP contribution in [-0.2, 0) is 6.54 Å². The van der Waals surface area contributed by atoms with Crippen LogP contribution in [0, 0.1) is 0 Å². The van der Waals surface area contributed by atoms with Crippen LogP contribution in [0.4, 0.5) is 5.69 Å². The topological polar surface area (TPSA) is 95.6 Å². The molecule has 2 aromatic rings. The zero-order valence-corrected chi connectivity index (χ0v) is 10.7. The number of pyridine rings is 1. The summed E-state index contributed by atoms with van der Waals surface area (Å²) in [5.74, 6) is 0.366. The number of H-pyrrole nitrogens is 1. The first-order valence-corrected chi connectivity index (χ1v) is 6.12. The molecule has 7 heteroatoms. The van der Waals surface area contributed by atoms with E-state index in [0.29, 0.717) is 18.1 Å². The van der Waals surface area contributed by atoms with E-state index in [0.717, 1.165) is 18.7 Å². The van der Waals surface area contributed by atoms with Crippen LogP contribution in [0.5, 0.6) is 0 Å².